The summed E-state index contributed by atoms with van der Waals surface area (Å²) in [7, 11) is 0. The first-order valence-electron chi connectivity index (χ1n) is 9.77. The fraction of sp³-hybridized carbons (Fsp3) is 0.789. The molecule has 1 rings (SSSR count). The summed E-state index contributed by atoms with van der Waals surface area (Å²) in [5.74, 6) is 1.86. The molecule has 144 valence electrons. The minimum atomic E-state index is -0.676. The zero-order valence-electron chi connectivity index (χ0n) is 16.5. The summed E-state index contributed by atoms with van der Waals surface area (Å²) in [6.45, 7) is 11.4. The third kappa shape index (κ3) is 8.38. The van der Waals surface area contributed by atoms with Crippen molar-refractivity contribution in [3.63, 3.8) is 0 Å². The molecule has 25 heavy (non-hydrogen) atoms. The van der Waals surface area contributed by atoms with Gasteiger partial charge >= 0.3 is 0 Å². The predicted molar refractivity (Wildman–Crippen MR) is 105 cm³/mol. The summed E-state index contributed by atoms with van der Waals surface area (Å²) >= 11 is 0. The van der Waals surface area contributed by atoms with Gasteiger partial charge in [0.2, 0.25) is 0 Å². The van der Waals surface area contributed by atoms with Crippen molar-refractivity contribution in [2.75, 3.05) is 19.6 Å². The van der Waals surface area contributed by atoms with E-state index in [-0.39, 0.29) is 0 Å². The Balaban J connectivity index is 2.40. The summed E-state index contributed by atoms with van der Waals surface area (Å²) in [5.41, 5.74) is -0.676. The molecule has 0 aliphatic carbocycles. The average molecular weight is 352 g/mol. The van der Waals surface area contributed by atoms with E-state index in [2.05, 4.69) is 45.9 Å². The highest BCUT2D eigenvalue weighted by molar-refractivity contribution is 5.79. The van der Waals surface area contributed by atoms with Gasteiger partial charge in [-0.25, -0.2) is 4.98 Å². The Hall–Kier alpha value is -1.56. The molecular weight excluding hydrogens is 314 g/mol. The first-order valence-corrected chi connectivity index (χ1v) is 9.77. The van der Waals surface area contributed by atoms with Gasteiger partial charge in [-0.05, 0) is 39.5 Å². The Morgan fingerprint density at radius 2 is 1.92 bits per heavy atom. The summed E-state index contributed by atoms with van der Waals surface area (Å²) in [4.78, 5) is 8.85. The molecule has 3 N–H and O–H groups in total. The zero-order chi connectivity index (χ0) is 18.5. The maximum atomic E-state index is 10.7. The number of nitrogens with one attached hydrogen (secondary N) is 2. The maximum absolute atomic E-state index is 10.7. The van der Waals surface area contributed by atoms with Gasteiger partial charge in [-0.1, -0.05) is 26.7 Å². The quantitative estimate of drug-likeness (QED) is 0.307. The summed E-state index contributed by atoms with van der Waals surface area (Å²) in [6, 6.07) is 0. The minimum absolute atomic E-state index is 0.457. The predicted octanol–water partition coefficient (Wildman–Crippen LogP) is 2.86. The van der Waals surface area contributed by atoms with E-state index in [0.29, 0.717) is 6.54 Å². The number of aliphatic hydroxyl groups is 1. The van der Waals surface area contributed by atoms with Gasteiger partial charge in [0, 0.05) is 32.0 Å². The van der Waals surface area contributed by atoms with Crippen LogP contribution in [0.25, 0.3) is 0 Å². The van der Waals surface area contributed by atoms with Gasteiger partial charge in [0.05, 0.1) is 12.1 Å². The van der Waals surface area contributed by atoms with Gasteiger partial charge in [0.15, 0.2) is 5.96 Å². The van der Waals surface area contributed by atoms with Crippen molar-refractivity contribution in [1.82, 2.24) is 20.2 Å². The molecule has 0 fully saturated rings. The van der Waals surface area contributed by atoms with Crippen molar-refractivity contribution in [2.45, 2.75) is 78.4 Å². The second-order valence-corrected chi connectivity index (χ2v) is 6.72. The van der Waals surface area contributed by atoms with Crippen LogP contribution in [0.1, 0.15) is 65.1 Å². The number of imidazole rings is 1. The van der Waals surface area contributed by atoms with Gasteiger partial charge < -0.3 is 20.3 Å². The average Bonchev–Trinajstić information content (AvgIpc) is 2.98. The number of aryl methyl sites for hydroxylation is 2. The molecule has 6 nitrogen and oxygen atoms in total. The Labute approximate surface area is 153 Å². The normalized spacial score (nSPS) is 12.4. The van der Waals surface area contributed by atoms with Crippen molar-refractivity contribution < 1.29 is 5.11 Å². The molecule has 0 saturated heterocycles. The van der Waals surface area contributed by atoms with E-state index in [1.54, 1.807) is 0 Å². The zero-order valence-corrected chi connectivity index (χ0v) is 16.5. The second kappa shape index (κ2) is 11.9. The van der Waals surface area contributed by atoms with Crippen LogP contribution in [0.5, 0.6) is 0 Å². The van der Waals surface area contributed by atoms with Crippen molar-refractivity contribution >= 4 is 5.96 Å². The molecule has 0 aliphatic heterocycles. The van der Waals surface area contributed by atoms with Gasteiger partial charge in [0.1, 0.15) is 5.82 Å². The highest BCUT2D eigenvalue weighted by atomic mass is 16.3. The molecule has 0 amide bonds. The fourth-order valence-electron chi connectivity index (χ4n) is 3.04. The molecule has 0 unspecified atom stereocenters. The lowest BCUT2D eigenvalue weighted by Gasteiger charge is -2.26. The number of nitrogens with zero attached hydrogens (tertiary/aromatic N) is 3. The Kier molecular flexibility index (Phi) is 10.2. The van der Waals surface area contributed by atoms with Crippen LogP contribution in [0.3, 0.4) is 0 Å². The fourth-order valence-corrected chi connectivity index (χ4v) is 3.04. The van der Waals surface area contributed by atoms with E-state index in [1.807, 2.05) is 19.3 Å². The number of guanidine groups is 1. The molecule has 1 heterocycles. The monoisotopic (exact) mass is 351 g/mol. The SMILES string of the molecule is CCCC(O)(CCC)CN=C(NCC)NCCCCn1ccnc1C. The lowest BCUT2D eigenvalue weighted by atomic mass is 9.93. The number of hydrogen-bond donors (Lipinski definition) is 3. The van der Waals surface area contributed by atoms with Gasteiger partial charge in [0.25, 0.3) is 0 Å². The Bertz CT molecular complexity index is 492. The highest BCUT2D eigenvalue weighted by Gasteiger charge is 2.24. The standard InChI is InChI=1S/C19H37N5O/c1-5-10-19(25,11-6-2)16-23-18(20-7-3)22-12-8-9-14-24-15-13-21-17(24)4/h13,15,25H,5-12,14,16H2,1-4H3,(H2,20,22,23). The summed E-state index contributed by atoms with van der Waals surface area (Å²) in [5, 5.41) is 17.3. The smallest absolute Gasteiger partial charge is 0.191 e. The van der Waals surface area contributed by atoms with Crippen LogP contribution in [0.15, 0.2) is 17.4 Å². The Morgan fingerprint density at radius 1 is 1.20 bits per heavy atom. The van der Waals surface area contributed by atoms with Crippen LogP contribution < -0.4 is 10.6 Å². The molecule has 6 heteroatoms. The van der Waals surface area contributed by atoms with Crippen LogP contribution in [0, 0.1) is 6.92 Å². The molecule has 0 atom stereocenters. The van der Waals surface area contributed by atoms with E-state index in [1.165, 1.54) is 0 Å². The van der Waals surface area contributed by atoms with E-state index in [0.717, 1.165) is 69.9 Å². The summed E-state index contributed by atoms with van der Waals surface area (Å²) < 4.78 is 2.18. The van der Waals surface area contributed by atoms with Gasteiger partial charge in [-0.2, -0.15) is 0 Å². The molecule has 0 spiro atoms. The molecular formula is C19H37N5O. The number of aliphatic imine (C=N–C) groups is 1. The van der Waals surface area contributed by atoms with Gasteiger partial charge in [-0.15, -0.1) is 0 Å². The largest absolute Gasteiger partial charge is 0.388 e. The van der Waals surface area contributed by atoms with Crippen molar-refractivity contribution in [1.29, 1.82) is 0 Å². The molecule has 1 aromatic rings. The van der Waals surface area contributed by atoms with Crippen LogP contribution in [0.4, 0.5) is 0 Å². The van der Waals surface area contributed by atoms with Crippen LogP contribution in [-0.2, 0) is 6.54 Å². The third-order valence-corrected chi connectivity index (χ3v) is 4.35. The van der Waals surface area contributed by atoms with E-state index >= 15 is 0 Å². The van der Waals surface area contributed by atoms with Crippen molar-refractivity contribution in [2.24, 2.45) is 4.99 Å². The van der Waals surface area contributed by atoms with Crippen molar-refractivity contribution in [3.8, 4) is 0 Å². The van der Waals surface area contributed by atoms with Crippen LogP contribution in [0.2, 0.25) is 0 Å². The molecule has 0 aromatic carbocycles. The number of rotatable bonds is 12. The molecule has 0 radical (unpaired) electrons. The Morgan fingerprint density at radius 3 is 2.48 bits per heavy atom. The molecule has 0 aliphatic rings. The van der Waals surface area contributed by atoms with Crippen LogP contribution >= 0.6 is 0 Å². The minimum Gasteiger partial charge on any atom is -0.388 e. The van der Waals surface area contributed by atoms with E-state index in [9.17, 15) is 5.11 Å². The van der Waals surface area contributed by atoms with E-state index in [4.69, 9.17) is 0 Å². The third-order valence-electron chi connectivity index (χ3n) is 4.35. The molecule has 0 saturated carbocycles. The first-order chi connectivity index (χ1) is 12.0. The molecule has 1 aromatic heterocycles. The highest BCUT2D eigenvalue weighted by Crippen LogP contribution is 2.19. The van der Waals surface area contributed by atoms with Crippen molar-refractivity contribution in [3.05, 3.63) is 18.2 Å². The second-order valence-electron chi connectivity index (χ2n) is 6.72. The lowest BCUT2D eigenvalue weighted by Crippen LogP contribution is -2.40. The number of hydrogen-bond acceptors (Lipinski definition) is 3. The van der Waals surface area contributed by atoms with Crippen LogP contribution in [-0.4, -0.2) is 45.9 Å². The topological polar surface area (TPSA) is 74.5 Å². The number of aromatic nitrogens is 2. The summed E-state index contributed by atoms with van der Waals surface area (Å²) in [6.07, 6.45) is 9.58. The van der Waals surface area contributed by atoms with Gasteiger partial charge in [-0.3, -0.25) is 4.99 Å². The lowest BCUT2D eigenvalue weighted by molar-refractivity contribution is 0.0306. The maximum Gasteiger partial charge on any atom is 0.191 e. The number of unbranched alkanes of at least 4 members (excludes halogenated alkanes) is 1. The molecule has 0 bridgehead atoms. The van der Waals surface area contributed by atoms with E-state index < -0.39 is 5.60 Å². The first kappa shape index (κ1) is 21.5.